The van der Waals surface area contributed by atoms with E-state index in [1.54, 1.807) is 17.7 Å². The second-order valence-corrected chi connectivity index (χ2v) is 3.87. The Morgan fingerprint density at radius 2 is 2.13 bits per heavy atom. The summed E-state index contributed by atoms with van der Waals surface area (Å²) in [6.45, 7) is 4.35. The first-order valence-electron chi connectivity index (χ1n) is 5.21. The standard InChI is InChI=1S/C11H16N2O2/c1-12-3-2-10(8-11(12)14)9-13-4-6-15-7-5-13/h2-3,8H,4-7,9H2,1H3. The molecule has 0 aromatic carbocycles. The molecule has 4 nitrogen and oxygen atoms in total. The lowest BCUT2D eigenvalue weighted by Crippen LogP contribution is -2.36. The predicted octanol–water partition coefficient (Wildman–Crippen LogP) is 0.218. The third-order valence-corrected chi connectivity index (χ3v) is 2.68. The van der Waals surface area contributed by atoms with Crippen LogP contribution in [0.5, 0.6) is 0 Å². The Balaban J connectivity index is 2.03. The number of rotatable bonds is 2. The summed E-state index contributed by atoms with van der Waals surface area (Å²) in [5, 5.41) is 0. The Morgan fingerprint density at radius 3 is 2.80 bits per heavy atom. The van der Waals surface area contributed by atoms with Crippen molar-refractivity contribution in [3.8, 4) is 0 Å². The van der Waals surface area contributed by atoms with Crippen LogP contribution in [0, 0.1) is 0 Å². The Kier molecular flexibility index (Phi) is 3.18. The number of morpholine rings is 1. The van der Waals surface area contributed by atoms with Crippen LogP contribution in [0.4, 0.5) is 0 Å². The first-order valence-corrected chi connectivity index (χ1v) is 5.21. The molecule has 4 heteroatoms. The normalized spacial score (nSPS) is 17.9. The average molecular weight is 208 g/mol. The minimum absolute atomic E-state index is 0.0563. The van der Waals surface area contributed by atoms with Gasteiger partial charge in [0.2, 0.25) is 0 Å². The zero-order chi connectivity index (χ0) is 10.7. The molecule has 1 fully saturated rings. The summed E-state index contributed by atoms with van der Waals surface area (Å²) >= 11 is 0. The second-order valence-electron chi connectivity index (χ2n) is 3.87. The summed E-state index contributed by atoms with van der Waals surface area (Å²) in [5.74, 6) is 0. The summed E-state index contributed by atoms with van der Waals surface area (Å²) in [6.07, 6.45) is 1.82. The van der Waals surface area contributed by atoms with Gasteiger partial charge in [0.05, 0.1) is 13.2 Å². The van der Waals surface area contributed by atoms with Crippen molar-refractivity contribution in [1.29, 1.82) is 0 Å². The molecule has 0 unspecified atom stereocenters. The third-order valence-electron chi connectivity index (χ3n) is 2.68. The van der Waals surface area contributed by atoms with E-state index >= 15 is 0 Å². The number of hydrogen-bond donors (Lipinski definition) is 0. The van der Waals surface area contributed by atoms with Gasteiger partial charge in [-0.3, -0.25) is 9.69 Å². The lowest BCUT2D eigenvalue weighted by molar-refractivity contribution is 0.0341. The Hall–Kier alpha value is -1.13. The average Bonchev–Trinajstić information content (AvgIpc) is 2.25. The minimum atomic E-state index is 0.0563. The second kappa shape index (κ2) is 4.59. The first kappa shape index (κ1) is 10.4. The van der Waals surface area contributed by atoms with Gasteiger partial charge in [0, 0.05) is 38.9 Å². The molecule has 0 spiro atoms. The van der Waals surface area contributed by atoms with Crippen molar-refractivity contribution in [2.45, 2.75) is 6.54 Å². The van der Waals surface area contributed by atoms with Crippen molar-refractivity contribution in [3.05, 3.63) is 34.2 Å². The molecule has 0 amide bonds. The molecule has 15 heavy (non-hydrogen) atoms. The molecule has 1 aromatic heterocycles. The van der Waals surface area contributed by atoms with E-state index in [0.29, 0.717) is 0 Å². The highest BCUT2D eigenvalue weighted by Gasteiger charge is 2.10. The molecule has 0 radical (unpaired) electrons. The van der Waals surface area contributed by atoms with Crippen LogP contribution in [0.3, 0.4) is 0 Å². The van der Waals surface area contributed by atoms with Crippen molar-refractivity contribution in [1.82, 2.24) is 9.47 Å². The van der Waals surface area contributed by atoms with E-state index in [0.717, 1.165) is 38.4 Å². The Labute approximate surface area is 89.1 Å². The van der Waals surface area contributed by atoms with Crippen molar-refractivity contribution in [2.24, 2.45) is 7.05 Å². The van der Waals surface area contributed by atoms with E-state index in [1.165, 1.54) is 0 Å². The summed E-state index contributed by atoms with van der Waals surface area (Å²) in [7, 11) is 1.76. The summed E-state index contributed by atoms with van der Waals surface area (Å²) in [5.41, 5.74) is 1.14. The van der Waals surface area contributed by atoms with Crippen LogP contribution < -0.4 is 5.56 Å². The van der Waals surface area contributed by atoms with Gasteiger partial charge in [-0.1, -0.05) is 0 Å². The van der Waals surface area contributed by atoms with Crippen LogP contribution in [-0.2, 0) is 18.3 Å². The maximum Gasteiger partial charge on any atom is 0.250 e. The molecule has 2 heterocycles. The molecule has 0 aliphatic carbocycles. The van der Waals surface area contributed by atoms with Gasteiger partial charge in [0.1, 0.15) is 0 Å². The third kappa shape index (κ3) is 2.67. The molecule has 0 bridgehead atoms. The summed E-state index contributed by atoms with van der Waals surface area (Å²) in [4.78, 5) is 13.7. The molecule has 0 saturated carbocycles. The van der Waals surface area contributed by atoms with Gasteiger partial charge < -0.3 is 9.30 Å². The topological polar surface area (TPSA) is 34.5 Å². The largest absolute Gasteiger partial charge is 0.379 e. The highest BCUT2D eigenvalue weighted by atomic mass is 16.5. The lowest BCUT2D eigenvalue weighted by atomic mass is 10.2. The quantitative estimate of drug-likeness (QED) is 0.697. The molecular weight excluding hydrogens is 192 g/mol. The van der Waals surface area contributed by atoms with E-state index in [4.69, 9.17) is 4.74 Å². The SMILES string of the molecule is Cn1ccc(CN2CCOCC2)cc1=O. The fraction of sp³-hybridized carbons (Fsp3) is 0.545. The summed E-state index contributed by atoms with van der Waals surface area (Å²) in [6, 6.07) is 3.70. The van der Waals surface area contributed by atoms with Gasteiger partial charge in [-0.15, -0.1) is 0 Å². The van der Waals surface area contributed by atoms with E-state index in [9.17, 15) is 4.79 Å². The first-order chi connectivity index (χ1) is 7.25. The molecule has 1 saturated heterocycles. The fourth-order valence-corrected chi connectivity index (χ4v) is 1.71. The number of aryl methyl sites for hydroxylation is 1. The van der Waals surface area contributed by atoms with Crippen molar-refractivity contribution in [2.75, 3.05) is 26.3 Å². The summed E-state index contributed by atoms with van der Waals surface area (Å²) < 4.78 is 6.86. The van der Waals surface area contributed by atoms with Crippen molar-refractivity contribution >= 4 is 0 Å². The van der Waals surface area contributed by atoms with Gasteiger partial charge in [0.25, 0.3) is 5.56 Å². The molecule has 2 rings (SSSR count). The highest BCUT2D eigenvalue weighted by molar-refractivity contribution is 5.10. The lowest BCUT2D eigenvalue weighted by Gasteiger charge is -2.26. The van der Waals surface area contributed by atoms with Gasteiger partial charge >= 0.3 is 0 Å². The number of aromatic nitrogens is 1. The maximum absolute atomic E-state index is 11.4. The number of hydrogen-bond acceptors (Lipinski definition) is 3. The van der Waals surface area contributed by atoms with Gasteiger partial charge in [-0.2, -0.15) is 0 Å². The smallest absolute Gasteiger partial charge is 0.250 e. The Morgan fingerprint density at radius 1 is 1.40 bits per heavy atom. The molecule has 1 aliphatic rings. The van der Waals surface area contributed by atoms with Crippen LogP contribution in [0.2, 0.25) is 0 Å². The van der Waals surface area contributed by atoms with Crippen LogP contribution in [-0.4, -0.2) is 35.8 Å². The van der Waals surface area contributed by atoms with Gasteiger partial charge in [-0.05, 0) is 11.6 Å². The van der Waals surface area contributed by atoms with E-state index in [1.807, 2.05) is 12.3 Å². The van der Waals surface area contributed by atoms with Crippen LogP contribution in [0.25, 0.3) is 0 Å². The molecule has 1 aliphatic heterocycles. The zero-order valence-corrected chi connectivity index (χ0v) is 8.98. The van der Waals surface area contributed by atoms with Crippen LogP contribution >= 0.6 is 0 Å². The minimum Gasteiger partial charge on any atom is -0.379 e. The number of ether oxygens (including phenoxy) is 1. The molecule has 0 N–H and O–H groups in total. The maximum atomic E-state index is 11.4. The molecule has 82 valence electrons. The van der Waals surface area contributed by atoms with E-state index in [-0.39, 0.29) is 5.56 Å². The van der Waals surface area contributed by atoms with Crippen molar-refractivity contribution in [3.63, 3.8) is 0 Å². The fourth-order valence-electron chi connectivity index (χ4n) is 1.71. The predicted molar refractivity (Wildman–Crippen MR) is 57.8 cm³/mol. The van der Waals surface area contributed by atoms with Crippen LogP contribution in [0.15, 0.2) is 23.1 Å². The van der Waals surface area contributed by atoms with Crippen molar-refractivity contribution < 1.29 is 4.74 Å². The van der Waals surface area contributed by atoms with Gasteiger partial charge in [-0.25, -0.2) is 0 Å². The van der Waals surface area contributed by atoms with Crippen LogP contribution in [0.1, 0.15) is 5.56 Å². The zero-order valence-electron chi connectivity index (χ0n) is 8.98. The molecule has 0 atom stereocenters. The van der Waals surface area contributed by atoms with Gasteiger partial charge in [0.15, 0.2) is 0 Å². The Bertz CT molecular complexity index is 380. The monoisotopic (exact) mass is 208 g/mol. The molecular formula is C11H16N2O2. The number of pyridine rings is 1. The molecule has 1 aromatic rings. The highest BCUT2D eigenvalue weighted by Crippen LogP contribution is 2.04. The van der Waals surface area contributed by atoms with E-state index in [2.05, 4.69) is 4.90 Å². The number of nitrogens with zero attached hydrogens (tertiary/aromatic N) is 2. The van der Waals surface area contributed by atoms with E-state index < -0.39 is 0 Å².